The number of benzene rings is 3. The molecule has 1 aliphatic heterocycles. The van der Waals surface area contributed by atoms with E-state index in [4.69, 9.17) is 23.2 Å². The zero-order valence-corrected chi connectivity index (χ0v) is 19.1. The number of nitrogens with zero attached hydrogens (tertiary/aromatic N) is 3. The highest BCUT2D eigenvalue weighted by molar-refractivity contribution is 6.42. The number of anilines is 1. The number of carbonyl (C=O) groups excluding carboxylic acids is 1. The molecule has 0 bridgehead atoms. The average molecular weight is 479 g/mol. The minimum Gasteiger partial charge on any atom is -0.339 e. The molecule has 0 saturated carbocycles. The summed E-state index contributed by atoms with van der Waals surface area (Å²) in [5, 5.41) is 1.57. The van der Waals surface area contributed by atoms with Crippen LogP contribution >= 0.6 is 23.2 Å². The second-order valence-electron chi connectivity index (χ2n) is 7.89. The Morgan fingerprint density at radius 3 is 2.27 bits per heavy atom. The molecular weight excluding hydrogens is 459 g/mol. The lowest BCUT2D eigenvalue weighted by atomic mass is 10.0. The molecule has 1 saturated heterocycles. The van der Waals surface area contributed by atoms with Crippen molar-refractivity contribution >= 4 is 46.0 Å². The van der Waals surface area contributed by atoms with Crippen molar-refractivity contribution in [2.45, 2.75) is 0 Å². The Morgan fingerprint density at radius 1 is 0.848 bits per heavy atom. The van der Waals surface area contributed by atoms with Gasteiger partial charge in [-0.1, -0.05) is 53.5 Å². The number of hydrogen-bond donors (Lipinski definition) is 1. The molecule has 3 aromatic carbocycles. The van der Waals surface area contributed by atoms with Crippen molar-refractivity contribution in [3.8, 4) is 11.1 Å². The first-order valence-corrected chi connectivity index (χ1v) is 11.3. The van der Waals surface area contributed by atoms with Gasteiger partial charge in [0.1, 0.15) is 0 Å². The number of aromatic nitrogens is 2. The number of amides is 1. The summed E-state index contributed by atoms with van der Waals surface area (Å²) >= 11 is 12.1. The van der Waals surface area contributed by atoms with Crippen molar-refractivity contribution in [2.75, 3.05) is 31.1 Å². The first-order valence-electron chi connectivity index (χ1n) is 10.6. The molecule has 1 aliphatic rings. The van der Waals surface area contributed by atoms with Gasteiger partial charge in [0.15, 0.2) is 0 Å². The molecule has 33 heavy (non-hydrogen) atoms. The monoisotopic (exact) mass is 478 g/mol. The fourth-order valence-corrected chi connectivity index (χ4v) is 4.31. The van der Waals surface area contributed by atoms with Gasteiger partial charge < -0.3 is 9.80 Å². The van der Waals surface area contributed by atoms with Gasteiger partial charge in [0, 0.05) is 31.7 Å². The Labute approximate surface area is 200 Å². The van der Waals surface area contributed by atoms with Crippen molar-refractivity contribution in [3.63, 3.8) is 0 Å². The summed E-state index contributed by atoms with van der Waals surface area (Å²) in [6.07, 6.45) is 0. The largest absolute Gasteiger partial charge is 0.339 e. The normalized spacial score (nSPS) is 14.0. The second kappa shape index (κ2) is 8.89. The average Bonchev–Trinajstić information content (AvgIpc) is 2.85. The summed E-state index contributed by atoms with van der Waals surface area (Å²) in [5.74, 6) is 0.520. The fourth-order valence-electron chi connectivity index (χ4n) is 4.01. The van der Waals surface area contributed by atoms with E-state index >= 15 is 0 Å². The van der Waals surface area contributed by atoms with Crippen molar-refractivity contribution in [1.82, 2.24) is 14.9 Å². The molecule has 4 aromatic rings. The van der Waals surface area contributed by atoms with Crippen molar-refractivity contribution in [3.05, 3.63) is 92.7 Å². The minimum atomic E-state index is -0.156. The number of fused-ring (bicyclic) bond motifs is 1. The van der Waals surface area contributed by atoms with Gasteiger partial charge in [0.05, 0.1) is 20.9 Å². The lowest BCUT2D eigenvalue weighted by Gasteiger charge is -2.35. The van der Waals surface area contributed by atoms with Crippen LogP contribution in [0.25, 0.3) is 22.0 Å². The van der Waals surface area contributed by atoms with E-state index in [1.54, 1.807) is 12.1 Å². The van der Waals surface area contributed by atoms with E-state index in [1.807, 2.05) is 64.4 Å². The van der Waals surface area contributed by atoms with Gasteiger partial charge in [0.2, 0.25) is 5.95 Å². The van der Waals surface area contributed by atoms with E-state index in [1.165, 1.54) is 0 Å². The van der Waals surface area contributed by atoms with Crippen LogP contribution in [-0.2, 0) is 0 Å². The summed E-state index contributed by atoms with van der Waals surface area (Å²) in [5.41, 5.74) is 3.03. The number of carbonyl (C=O) groups is 1. The molecule has 1 aromatic heterocycles. The maximum atomic E-state index is 13.0. The molecular formula is C25H20Cl2N4O2. The lowest BCUT2D eigenvalue weighted by molar-refractivity contribution is 0.0746. The Morgan fingerprint density at radius 2 is 1.55 bits per heavy atom. The number of piperazine rings is 1. The lowest BCUT2D eigenvalue weighted by Crippen LogP contribution is -2.49. The Kier molecular flexibility index (Phi) is 5.79. The highest BCUT2D eigenvalue weighted by Gasteiger charge is 2.23. The Balaban J connectivity index is 1.27. The smallest absolute Gasteiger partial charge is 0.260 e. The van der Waals surface area contributed by atoms with E-state index in [2.05, 4.69) is 9.97 Å². The number of H-pyrrole nitrogens is 1. The number of halogens is 2. The maximum absolute atomic E-state index is 13.0. The first-order chi connectivity index (χ1) is 16.0. The molecule has 1 fully saturated rings. The predicted octanol–water partition coefficient (Wildman–Crippen LogP) is 4.86. The van der Waals surface area contributed by atoms with E-state index in [-0.39, 0.29) is 11.5 Å². The minimum absolute atomic E-state index is 0.0182. The predicted molar refractivity (Wildman–Crippen MR) is 132 cm³/mol. The number of nitrogens with one attached hydrogen (secondary N) is 1. The van der Waals surface area contributed by atoms with Gasteiger partial charge in [-0.15, -0.1) is 0 Å². The topological polar surface area (TPSA) is 69.3 Å². The molecule has 0 unspecified atom stereocenters. The van der Waals surface area contributed by atoms with Gasteiger partial charge in [-0.3, -0.25) is 14.6 Å². The second-order valence-corrected chi connectivity index (χ2v) is 8.71. The van der Waals surface area contributed by atoms with Crippen LogP contribution in [0.5, 0.6) is 0 Å². The third kappa shape index (κ3) is 4.32. The van der Waals surface area contributed by atoms with Crippen molar-refractivity contribution < 1.29 is 4.79 Å². The quantitative estimate of drug-likeness (QED) is 0.456. The SMILES string of the molecule is O=C(c1ccc(-c2ccc(Cl)c(Cl)c2)cc1)N1CCN(c2nc3ccccc3c(=O)[nH]2)CC1. The summed E-state index contributed by atoms with van der Waals surface area (Å²) in [7, 11) is 0. The molecule has 5 rings (SSSR count). The fraction of sp³-hybridized carbons (Fsp3) is 0.160. The molecule has 1 amide bonds. The third-order valence-electron chi connectivity index (χ3n) is 5.85. The molecule has 0 spiro atoms. The highest BCUT2D eigenvalue weighted by atomic mass is 35.5. The molecule has 0 radical (unpaired) electrons. The van der Waals surface area contributed by atoms with Crippen LogP contribution in [0.1, 0.15) is 10.4 Å². The standard InChI is InChI=1S/C25H20Cl2N4O2/c26-20-10-9-18(15-21(20)27)16-5-7-17(8-6-16)24(33)30-11-13-31(14-12-30)25-28-22-4-2-1-3-19(22)23(32)29-25/h1-10,15H,11-14H2,(H,28,29,32). The van der Waals surface area contributed by atoms with Crippen molar-refractivity contribution in [1.29, 1.82) is 0 Å². The van der Waals surface area contributed by atoms with E-state index in [9.17, 15) is 9.59 Å². The number of para-hydroxylation sites is 1. The van der Waals surface area contributed by atoms with Crippen LogP contribution < -0.4 is 10.5 Å². The molecule has 0 atom stereocenters. The summed E-state index contributed by atoms with van der Waals surface area (Å²) in [6, 6.07) is 20.2. The van der Waals surface area contributed by atoms with Gasteiger partial charge in [0.25, 0.3) is 11.5 Å². The molecule has 2 heterocycles. The number of aromatic amines is 1. The van der Waals surface area contributed by atoms with Crippen LogP contribution in [0.15, 0.2) is 71.5 Å². The van der Waals surface area contributed by atoms with E-state index in [0.717, 1.165) is 11.1 Å². The molecule has 1 N–H and O–H groups in total. The van der Waals surface area contributed by atoms with E-state index in [0.29, 0.717) is 58.6 Å². The van der Waals surface area contributed by atoms with Crippen LogP contribution in [0, 0.1) is 0 Å². The van der Waals surface area contributed by atoms with Crippen LogP contribution in [-0.4, -0.2) is 47.0 Å². The molecule has 8 heteroatoms. The van der Waals surface area contributed by atoms with Gasteiger partial charge in [-0.05, 0) is 47.5 Å². The summed E-state index contributed by atoms with van der Waals surface area (Å²) < 4.78 is 0. The van der Waals surface area contributed by atoms with Gasteiger partial charge >= 0.3 is 0 Å². The van der Waals surface area contributed by atoms with Gasteiger partial charge in [-0.25, -0.2) is 4.98 Å². The highest BCUT2D eigenvalue weighted by Crippen LogP contribution is 2.29. The van der Waals surface area contributed by atoms with E-state index < -0.39 is 0 Å². The number of hydrogen-bond acceptors (Lipinski definition) is 4. The molecule has 0 aliphatic carbocycles. The number of rotatable bonds is 3. The first kappa shape index (κ1) is 21.5. The zero-order valence-electron chi connectivity index (χ0n) is 17.6. The summed E-state index contributed by atoms with van der Waals surface area (Å²) in [4.78, 5) is 36.7. The Bertz CT molecular complexity index is 1390. The van der Waals surface area contributed by atoms with Gasteiger partial charge in [-0.2, -0.15) is 0 Å². The third-order valence-corrected chi connectivity index (χ3v) is 6.59. The summed E-state index contributed by atoms with van der Waals surface area (Å²) in [6.45, 7) is 2.27. The molecule has 6 nitrogen and oxygen atoms in total. The maximum Gasteiger partial charge on any atom is 0.260 e. The Hall–Kier alpha value is -3.35. The van der Waals surface area contributed by atoms with Crippen molar-refractivity contribution in [2.24, 2.45) is 0 Å². The molecule has 166 valence electrons. The van der Waals surface area contributed by atoms with Crippen LogP contribution in [0.4, 0.5) is 5.95 Å². The van der Waals surface area contributed by atoms with Crippen LogP contribution in [0.2, 0.25) is 10.0 Å². The van der Waals surface area contributed by atoms with Crippen LogP contribution in [0.3, 0.4) is 0 Å². The zero-order chi connectivity index (χ0) is 22.9.